The molecule has 0 saturated heterocycles. The van der Waals surface area contributed by atoms with E-state index in [0.29, 0.717) is 6.42 Å². The van der Waals surface area contributed by atoms with E-state index in [4.69, 9.17) is 10.00 Å². The molecule has 0 heterocycles. The fourth-order valence-corrected chi connectivity index (χ4v) is 0.747. The van der Waals surface area contributed by atoms with Gasteiger partial charge in [-0.15, -0.1) is 0 Å². The lowest BCUT2D eigenvalue weighted by Crippen LogP contribution is -2.35. The van der Waals surface area contributed by atoms with Gasteiger partial charge in [0.05, 0.1) is 18.6 Å². The number of nitrogens with zero attached hydrogens (tertiary/aromatic N) is 1. The van der Waals surface area contributed by atoms with Crippen LogP contribution in [0.3, 0.4) is 0 Å². The average molecular weight is 184 g/mol. The fourth-order valence-electron chi connectivity index (χ4n) is 0.747. The summed E-state index contributed by atoms with van der Waals surface area (Å²) in [4.78, 5) is 11.1. The highest BCUT2D eigenvalue weighted by molar-refractivity contribution is 5.77. The van der Waals surface area contributed by atoms with Crippen LogP contribution in [0.2, 0.25) is 0 Å². The summed E-state index contributed by atoms with van der Waals surface area (Å²) in [6, 6.07) is 1.88. The lowest BCUT2D eigenvalue weighted by Gasteiger charge is -2.11. The van der Waals surface area contributed by atoms with Crippen LogP contribution in [-0.2, 0) is 9.53 Å². The van der Waals surface area contributed by atoms with E-state index >= 15 is 0 Å². The molecule has 0 bridgehead atoms. The molecule has 74 valence electrons. The molecule has 1 N–H and O–H groups in total. The number of amides is 1. The van der Waals surface area contributed by atoms with E-state index in [9.17, 15) is 4.79 Å². The second kappa shape index (κ2) is 6.44. The van der Waals surface area contributed by atoms with E-state index in [1.54, 1.807) is 6.92 Å². The van der Waals surface area contributed by atoms with Crippen molar-refractivity contribution < 1.29 is 9.53 Å². The van der Waals surface area contributed by atoms with Gasteiger partial charge in [0.25, 0.3) is 0 Å². The van der Waals surface area contributed by atoms with Gasteiger partial charge in [0, 0.05) is 6.04 Å². The van der Waals surface area contributed by atoms with Crippen molar-refractivity contribution in [2.45, 2.75) is 39.3 Å². The Morgan fingerprint density at radius 2 is 2.15 bits per heavy atom. The SMILES string of the molecule is CC(CC#N)NC(=O)COC(C)C. The topological polar surface area (TPSA) is 62.1 Å². The van der Waals surface area contributed by atoms with Crippen LogP contribution in [0.15, 0.2) is 0 Å². The van der Waals surface area contributed by atoms with Gasteiger partial charge in [-0.1, -0.05) is 0 Å². The van der Waals surface area contributed by atoms with Crippen LogP contribution >= 0.6 is 0 Å². The third-order valence-corrected chi connectivity index (χ3v) is 1.35. The van der Waals surface area contributed by atoms with Crippen molar-refractivity contribution in [3.05, 3.63) is 0 Å². The smallest absolute Gasteiger partial charge is 0.246 e. The summed E-state index contributed by atoms with van der Waals surface area (Å²) in [5, 5.41) is 11.0. The van der Waals surface area contributed by atoms with Crippen molar-refractivity contribution in [3.8, 4) is 6.07 Å². The van der Waals surface area contributed by atoms with Gasteiger partial charge in [0.1, 0.15) is 6.61 Å². The Morgan fingerprint density at radius 3 is 2.62 bits per heavy atom. The Bertz CT molecular complexity index is 196. The Hall–Kier alpha value is -1.08. The van der Waals surface area contributed by atoms with Crippen molar-refractivity contribution >= 4 is 5.91 Å². The van der Waals surface area contributed by atoms with Crippen LogP contribution in [0.25, 0.3) is 0 Å². The largest absolute Gasteiger partial charge is 0.369 e. The van der Waals surface area contributed by atoms with Gasteiger partial charge in [0.2, 0.25) is 5.91 Å². The lowest BCUT2D eigenvalue weighted by molar-refractivity contribution is -0.127. The number of hydrogen-bond acceptors (Lipinski definition) is 3. The number of hydrogen-bond donors (Lipinski definition) is 1. The Balaban J connectivity index is 3.57. The molecule has 0 fully saturated rings. The molecule has 0 spiro atoms. The van der Waals surface area contributed by atoms with Crippen LogP contribution in [-0.4, -0.2) is 24.7 Å². The first kappa shape index (κ1) is 11.9. The number of nitriles is 1. The van der Waals surface area contributed by atoms with Crippen molar-refractivity contribution in [2.75, 3.05) is 6.61 Å². The minimum absolute atomic E-state index is 0.0528. The van der Waals surface area contributed by atoms with Crippen LogP contribution in [0, 0.1) is 11.3 Å². The average Bonchev–Trinajstić information content (AvgIpc) is 2.01. The normalized spacial score (nSPS) is 12.2. The molecule has 4 nitrogen and oxygen atoms in total. The minimum Gasteiger partial charge on any atom is -0.369 e. The summed E-state index contributed by atoms with van der Waals surface area (Å²) in [6.45, 7) is 5.59. The maximum atomic E-state index is 11.1. The van der Waals surface area contributed by atoms with Gasteiger partial charge in [-0.3, -0.25) is 4.79 Å². The van der Waals surface area contributed by atoms with Crippen molar-refractivity contribution in [2.24, 2.45) is 0 Å². The fraction of sp³-hybridized carbons (Fsp3) is 0.778. The number of carbonyl (C=O) groups is 1. The van der Waals surface area contributed by atoms with Gasteiger partial charge in [-0.25, -0.2) is 0 Å². The van der Waals surface area contributed by atoms with Gasteiger partial charge >= 0.3 is 0 Å². The molecule has 0 rings (SSSR count). The number of carbonyl (C=O) groups excluding carboxylic acids is 1. The van der Waals surface area contributed by atoms with E-state index in [2.05, 4.69) is 5.32 Å². The zero-order chi connectivity index (χ0) is 10.3. The van der Waals surface area contributed by atoms with Crippen molar-refractivity contribution in [3.63, 3.8) is 0 Å². The van der Waals surface area contributed by atoms with Crippen LogP contribution in [0.1, 0.15) is 27.2 Å². The molecule has 13 heavy (non-hydrogen) atoms. The van der Waals surface area contributed by atoms with E-state index in [1.165, 1.54) is 0 Å². The third-order valence-electron chi connectivity index (χ3n) is 1.35. The summed E-state index contributed by atoms with van der Waals surface area (Å²) in [5.74, 6) is -0.170. The van der Waals surface area contributed by atoms with Gasteiger partial charge in [-0.05, 0) is 20.8 Å². The number of rotatable bonds is 5. The molecular weight excluding hydrogens is 168 g/mol. The Morgan fingerprint density at radius 1 is 1.54 bits per heavy atom. The summed E-state index contributed by atoms with van der Waals surface area (Å²) in [7, 11) is 0. The number of nitrogens with one attached hydrogen (secondary N) is 1. The molecule has 1 unspecified atom stereocenters. The Kier molecular flexibility index (Phi) is 5.90. The molecule has 0 aliphatic heterocycles. The second-order valence-electron chi connectivity index (χ2n) is 3.19. The first-order valence-corrected chi connectivity index (χ1v) is 4.34. The zero-order valence-electron chi connectivity index (χ0n) is 8.33. The maximum Gasteiger partial charge on any atom is 0.246 e. The summed E-state index contributed by atoms with van der Waals surface area (Å²) < 4.78 is 5.09. The molecule has 0 aromatic rings. The predicted molar refractivity (Wildman–Crippen MR) is 48.9 cm³/mol. The monoisotopic (exact) mass is 184 g/mol. The van der Waals surface area contributed by atoms with Gasteiger partial charge in [-0.2, -0.15) is 5.26 Å². The highest BCUT2D eigenvalue weighted by Gasteiger charge is 2.07. The van der Waals surface area contributed by atoms with Crippen molar-refractivity contribution in [1.82, 2.24) is 5.32 Å². The molecule has 1 atom stereocenters. The molecule has 0 aliphatic rings. The zero-order valence-corrected chi connectivity index (χ0v) is 8.33. The van der Waals surface area contributed by atoms with E-state index in [-0.39, 0.29) is 24.7 Å². The van der Waals surface area contributed by atoms with Crippen LogP contribution < -0.4 is 5.32 Å². The lowest BCUT2D eigenvalue weighted by atomic mass is 10.2. The molecule has 0 aromatic carbocycles. The summed E-state index contributed by atoms with van der Waals surface area (Å²) in [5.41, 5.74) is 0. The first-order valence-electron chi connectivity index (χ1n) is 4.34. The van der Waals surface area contributed by atoms with Crippen LogP contribution in [0.4, 0.5) is 0 Å². The maximum absolute atomic E-state index is 11.1. The molecule has 0 aliphatic carbocycles. The minimum atomic E-state index is -0.170. The standard InChI is InChI=1S/C9H16N2O2/c1-7(2)13-6-9(12)11-8(3)4-5-10/h7-8H,4,6H2,1-3H3,(H,11,12). The Labute approximate surface area is 78.9 Å². The summed E-state index contributed by atoms with van der Waals surface area (Å²) in [6.07, 6.45) is 0.380. The highest BCUT2D eigenvalue weighted by atomic mass is 16.5. The van der Waals surface area contributed by atoms with Gasteiger partial charge in [0.15, 0.2) is 0 Å². The van der Waals surface area contributed by atoms with E-state index in [1.807, 2.05) is 19.9 Å². The molecular formula is C9H16N2O2. The molecule has 0 aromatic heterocycles. The van der Waals surface area contributed by atoms with E-state index in [0.717, 1.165) is 0 Å². The molecule has 0 radical (unpaired) electrons. The van der Waals surface area contributed by atoms with E-state index < -0.39 is 0 Å². The highest BCUT2D eigenvalue weighted by Crippen LogP contribution is 1.90. The molecule has 0 saturated carbocycles. The van der Waals surface area contributed by atoms with Crippen molar-refractivity contribution in [1.29, 1.82) is 5.26 Å². The third kappa shape index (κ3) is 7.29. The molecule has 4 heteroatoms. The second-order valence-corrected chi connectivity index (χ2v) is 3.19. The first-order chi connectivity index (χ1) is 6.06. The van der Waals surface area contributed by atoms with Gasteiger partial charge < -0.3 is 10.1 Å². The molecule has 1 amide bonds. The van der Waals surface area contributed by atoms with Crippen LogP contribution in [0.5, 0.6) is 0 Å². The predicted octanol–water partition coefficient (Wildman–Crippen LogP) is 0.830. The summed E-state index contributed by atoms with van der Waals surface area (Å²) >= 11 is 0. The quantitative estimate of drug-likeness (QED) is 0.688. The number of ether oxygens (including phenoxy) is 1.